The molecule has 1 amide bonds. The number of hydrogen-bond donors (Lipinski definition) is 4. The van der Waals surface area contributed by atoms with E-state index in [1.54, 1.807) is 7.05 Å². The van der Waals surface area contributed by atoms with Crippen molar-refractivity contribution in [1.82, 2.24) is 4.90 Å². The van der Waals surface area contributed by atoms with Gasteiger partial charge in [0.2, 0.25) is 6.41 Å². The molecule has 128 valence electrons. The number of aliphatic imine (C=N–C) groups is 1. The normalized spacial score (nSPS) is 25.8. The van der Waals surface area contributed by atoms with Crippen LogP contribution in [0, 0.1) is 5.92 Å². The number of ether oxygens (including phenoxy) is 1. The second-order valence-electron chi connectivity index (χ2n) is 5.56. The lowest BCUT2D eigenvalue weighted by Crippen LogP contribution is -2.34. The quantitative estimate of drug-likeness (QED) is 0.232. The zero-order valence-corrected chi connectivity index (χ0v) is 13.5. The van der Waals surface area contributed by atoms with E-state index in [1.807, 2.05) is 6.92 Å². The average Bonchev–Trinajstić information content (AvgIpc) is 2.79. The molecule has 0 bridgehead atoms. The Labute approximate surface area is 130 Å². The molecule has 3 atom stereocenters. The van der Waals surface area contributed by atoms with Gasteiger partial charge in [-0.2, -0.15) is 0 Å². The van der Waals surface area contributed by atoms with Crippen LogP contribution in [0.2, 0.25) is 0 Å². The highest BCUT2D eigenvalue weighted by Gasteiger charge is 2.34. The van der Waals surface area contributed by atoms with Crippen molar-refractivity contribution in [3.8, 4) is 0 Å². The third-order valence-corrected chi connectivity index (χ3v) is 2.75. The Bertz CT molecular complexity index is 386. The van der Waals surface area contributed by atoms with Crippen LogP contribution in [0.3, 0.4) is 0 Å². The summed E-state index contributed by atoms with van der Waals surface area (Å²) < 4.78 is 5.55. The van der Waals surface area contributed by atoms with Crippen LogP contribution in [0.1, 0.15) is 27.2 Å². The molecule has 8 heteroatoms. The Morgan fingerprint density at radius 3 is 2.41 bits per heavy atom. The van der Waals surface area contributed by atoms with E-state index in [0.29, 0.717) is 12.2 Å². The van der Waals surface area contributed by atoms with E-state index < -0.39 is 5.79 Å². The molecule has 1 saturated heterocycles. The molecule has 1 aliphatic rings. The van der Waals surface area contributed by atoms with Crippen molar-refractivity contribution >= 4 is 12.2 Å². The van der Waals surface area contributed by atoms with Gasteiger partial charge in [0, 0.05) is 19.2 Å². The predicted octanol–water partition coefficient (Wildman–Crippen LogP) is -0.604. The second kappa shape index (κ2) is 9.52. The van der Waals surface area contributed by atoms with Crippen LogP contribution in [-0.4, -0.2) is 64.2 Å². The zero-order valence-electron chi connectivity index (χ0n) is 13.5. The van der Waals surface area contributed by atoms with Crippen molar-refractivity contribution in [2.75, 3.05) is 13.7 Å². The van der Waals surface area contributed by atoms with Gasteiger partial charge in [0.1, 0.15) is 12.1 Å². The van der Waals surface area contributed by atoms with Crippen LogP contribution in [0.5, 0.6) is 0 Å². The highest BCUT2D eigenvalue weighted by atomic mass is 16.5. The smallest absolute Gasteiger partial charge is 0.215 e. The Morgan fingerprint density at radius 2 is 2.05 bits per heavy atom. The van der Waals surface area contributed by atoms with Gasteiger partial charge in [-0.1, -0.05) is 6.92 Å². The fraction of sp³-hybridized carbons (Fsp3) is 0.714. The number of aliphatic hydroxyl groups excluding tert-OH is 1. The van der Waals surface area contributed by atoms with E-state index in [-0.39, 0.29) is 24.9 Å². The number of aliphatic hydroxyl groups is 3. The largest absolute Gasteiger partial charge is 0.394 e. The average molecular weight is 317 g/mol. The monoisotopic (exact) mass is 317 g/mol. The Morgan fingerprint density at radius 1 is 1.50 bits per heavy atom. The van der Waals surface area contributed by atoms with Gasteiger partial charge in [0.15, 0.2) is 5.79 Å². The predicted molar refractivity (Wildman–Crippen MR) is 82.6 cm³/mol. The molecule has 0 aliphatic carbocycles. The third kappa shape index (κ3) is 8.73. The number of amidine groups is 1. The zero-order chi connectivity index (χ0) is 17.3. The van der Waals surface area contributed by atoms with Crippen LogP contribution in [0.4, 0.5) is 0 Å². The van der Waals surface area contributed by atoms with Crippen molar-refractivity contribution in [1.29, 1.82) is 0 Å². The minimum atomic E-state index is -1.50. The molecule has 0 spiro atoms. The molecule has 1 rings (SSSR count). The van der Waals surface area contributed by atoms with Gasteiger partial charge in [-0.15, -0.1) is 0 Å². The summed E-state index contributed by atoms with van der Waals surface area (Å²) in [5, 5.41) is 25.2. The molecular formula is C14H27N3O5. The van der Waals surface area contributed by atoms with Gasteiger partial charge >= 0.3 is 0 Å². The molecule has 22 heavy (non-hydrogen) atoms. The summed E-state index contributed by atoms with van der Waals surface area (Å²) in [7, 11) is 1.57. The summed E-state index contributed by atoms with van der Waals surface area (Å²) in [4.78, 5) is 16.1. The van der Waals surface area contributed by atoms with Gasteiger partial charge in [-0.3, -0.25) is 14.7 Å². The molecule has 8 nitrogen and oxygen atoms in total. The van der Waals surface area contributed by atoms with Crippen LogP contribution in [0.15, 0.2) is 17.3 Å². The highest BCUT2D eigenvalue weighted by Crippen LogP contribution is 2.27. The van der Waals surface area contributed by atoms with E-state index in [0.717, 1.165) is 6.42 Å². The lowest BCUT2D eigenvalue weighted by molar-refractivity contribution is -0.129. The Balaban J connectivity index is 0.000000763. The lowest BCUT2D eigenvalue weighted by Gasteiger charge is -2.24. The van der Waals surface area contributed by atoms with Crippen LogP contribution in [0.25, 0.3) is 0 Å². The fourth-order valence-corrected chi connectivity index (χ4v) is 1.82. The number of nitrogens with zero attached hydrogens (tertiary/aromatic N) is 2. The van der Waals surface area contributed by atoms with E-state index in [2.05, 4.69) is 4.99 Å². The number of rotatable bonds is 5. The summed E-state index contributed by atoms with van der Waals surface area (Å²) in [5.41, 5.74) is 5.50. The Kier molecular flexibility index (Phi) is 8.88. The number of carbonyl (C=O) groups excluding carboxylic acids is 1. The van der Waals surface area contributed by atoms with Gasteiger partial charge in [0.05, 0.1) is 12.7 Å². The van der Waals surface area contributed by atoms with E-state index in [4.69, 9.17) is 25.8 Å². The summed E-state index contributed by atoms with van der Waals surface area (Å²) >= 11 is 0. The molecule has 5 N–H and O–H groups in total. The maximum atomic E-state index is 11.0. The van der Waals surface area contributed by atoms with Crippen molar-refractivity contribution in [2.45, 2.75) is 45.3 Å². The summed E-state index contributed by atoms with van der Waals surface area (Å²) in [5.74, 6) is -0.997. The van der Waals surface area contributed by atoms with Crippen LogP contribution < -0.4 is 5.73 Å². The van der Waals surface area contributed by atoms with Gasteiger partial charge in [-0.25, -0.2) is 0 Å². The van der Waals surface area contributed by atoms with Crippen molar-refractivity contribution in [3.63, 3.8) is 0 Å². The minimum absolute atomic E-state index is 0.0319. The second-order valence-corrected chi connectivity index (χ2v) is 5.56. The molecule has 0 radical (unpaired) electrons. The molecule has 0 saturated carbocycles. The first-order chi connectivity index (χ1) is 10.1. The molecule has 1 heterocycles. The first-order valence-electron chi connectivity index (χ1n) is 6.96. The standard InChI is InChI=1S/C11H19N3O3.C3H8O2/c1-8-5-9(6-15)17-11(8)14(7-16)4-3-10(12)13-2;1-3(2,4)5/h3-4,7-9,11,15H,5-6H2,1-2H3,(H2,12,13);4-5H,1-2H3/b4-3-;. The number of amides is 1. The van der Waals surface area contributed by atoms with Crippen molar-refractivity contribution in [3.05, 3.63) is 12.3 Å². The summed E-state index contributed by atoms with van der Waals surface area (Å²) in [6, 6.07) is 0. The Hall–Kier alpha value is -1.48. The van der Waals surface area contributed by atoms with Crippen molar-refractivity contribution in [2.24, 2.45) is 16.6 Å². The van der Waals surface area contributed by atoms with Gasteiger partial charge < -0.3 is 25.8 Å². The summed E-state index contributed by atoms with van der Waals surface area (Å²) in [6.07, 6.45) is 3.93. The molecular weight excluding hydrogens is 290 g/mol. The molecule has 0 aromatic rings. The maximum Gasteiger partial charge on any atom is 0.215 e. The first-order valence-corrected chi connectivity index (χ1v) is 6.96. The molecule has 0 aromatic carbocycles. The molecule has 3 unspecified atom stereocenters. The van der Waals surface area contributed by atoms with E-state index in [1.165, 1.54) is 31.0 Å². The molecule has 1 aliphatic heterocycles. The minimum Gasteiger partial charge on any atom is -0.394 e. The van der Waals surface area contributed by atoms with Gasteiger partial charge in [-0.05, 0) is 26.3 Å². The molecule has 0 aromatic heterocycles. The van der Waals surface area contributed by atoms with E-state index in [9.17, 15) is 4.79 Å². The number of hydrogen-bond acceptors (Lipinski definition) is 6. The number of carbonyl (C=O) groups is 1. The molecule has 1 fully saturated rings. The highest BCUT2D eigenvalue weighted by molar-refractivity contribution is 5.91. The SMILES string of the molecule is CC(C)(O)O.CN=C(N)/C=C\N(C=O)C1OC(CO)CC1C. The van der Waals surface area contributed by atoms with Crippen LogP contribution >= 0.6 is 0 Å². The lowest BCUT2D eigenvalue weighted by atomic mass is 10.1. The third-order valence-electron chi connectivity index (χ3n) is 2.75. The summed E-state index contributed by atoms with van der Waals surface area (Å²) in [6.45, 7) is 4.54. The fourth-order valence-electron chi connectivity index (χ4n) is 1.82. The van der Waals surface area contributed by atoms with Crippen molar-refractivity contribution < 1.29 is 24.9 Å². The first kappa shape index (κ1) is 20.5. The van der Waals surface area contributed by atoms with Crippen LogP contribution in [-0.2, 0) is 9.53 Å². The number of nitrogens with two attached hydrogens (primary N) is 1. The van der Waals surface area contributed by atoms with Gasteiger partial charge in [0.25, 0.3) is 0 Å². The maximum absolute atomic E-state index is 11.0. The topological polar surface area (TPSA) is 129 Å². The van der Waals surface area contributed by atoms with E-state index >= 15 is 0 Å².